The van der Waals surface area contributed by atoms with Gasteiger partial charge < -0.3 is 10.1 Å². The number of ether oxygens (including phenoxy) is 1. The van der Waals surface area contributed by atoms with Crippen molar-refractivity contribution < 1.29 is 27.5 Å². The second kappa shape index (κ2) is 5.88. The van der Waals surface area contributed by atoms with Crippen molar-refractivity contribution in [3.8, 4) is 0 Å². The van der Waals surface area contributed by atoms with Crippen molar-refractivity contribution in [1.29, 1.82) is 0 Å². The molecule has 4 nitrogen and oxygen atoms in total. The average molecular weight is 255 g/mol. The standard InChI is InChI=1S/C10H16F3NO3/c1-9(2,5-4-8(16)17-3)14-7(15)6-10(11,12)13/h4-6H2,1-3H3,(H,14,15). The van der Waals surface area contributed by atoms with Gasteiger partial charge in [0.2, 0.25) is 5.91 Å². The van der Waals surface area contributed by atoms with Gasteiger partial charge in [0.05, 0.1) is 7.11 Å². The molecule has 0 atom stereocenters. The lowest BCUT2D eigenvalue weighted by molar-refractivity contribution is -0.155. The van der Waals surface area contributed by atoms with Gasteiger partial charge in [0, 0.05) is 12.0 Å². The maximum atomic E-state index is 11.9. The Morgan fingerprint density at radius 2 is 1.76 bits per heavy atom. The number of rotatable bonds is 5. The van der Waals surface area contributed by atoms with E-state index < -0.39 is 30.0 Å². The minimum atomic E-state index is -4.53. The molecule has 0 aromatic heterocycles. The monoisotopic (exact) mass is 255 g/mol. The lowest BCUT2D eigenvalue weighted by Crippen LogP contribution is -2.45. The van der Waals surface area contributed by atoms with Gasteiger partial charge in [-0.15, -0.1) is 0 Å². The molecule has 17 heavy (non-hydrogen) atoms. The summed E-state index contributed by atoms with van der Waals surface area (Å²) < 4.78 is 40.1. The lowest BCUT2D eigenvalue weighted by Gasteiger charge is -2.26. The number of hydrogen-bond donors (Lipinski definition) is 1. The third-order valence-electron chi connectivity index (χ3n) is 2.02. The molecule has 0 aliphatic heterocycles. The Kier molecular flexibility index (Phi) is 5.44. The molecule has 0 spiro atoms. The maximum absolute atomic E-state index is 11.9. The highest BCUT2D eigenvalue weighted by Crippen LogP contribution is 2.20. The topological polar surface area (TPSA) is 55.4 Å². The summed E-state index contributed by atoms with van der Waals surface area (Å²) in [5, 5.41) is 2.23. The van der Waals surface area contributed by atoms with Crippen molar-refractivity contribution in [3.63, 3.8) is 0 Å². The summed E-state index contributed by atoms with van der Waals surface area (Å²) in [6, 6.07) is 0. The van der Waals surface area contributed by atoms with E-state index in [1.807, 2.05) is 0 Å². The Balaban J connectivity index is 4.16. The number of hydrogen-bond acceptors (Lipinski definition) is 3. The van der Waals surface area contributed by atoms with E-state index in [4.69, 9.17) is 0 Å². The number of carbonyl (C=O) groups is 2. The van der Waals surface area contributed by atoms with Crippen molar-refractivity contribution in [2.75, 3.05) is 7.11 Å². The van der Waals surface area contributed by atoms with Crippen LogP contribution in [-0.2, 0) is 14.3 Å². The van der Waals surface area contributed by atoms with E-state index in [1.54, 1.807) is 13.8 Å². The molecule has 0 aliphatic rings. The van der Waals surface area contributed by atoms with Crippen LogP contribution < -0.4 is 5.32 Å². The maximum Gasteiger partial charge on any atom is 0.397 e. The normalized spacial score (nSPS) is 12.1. The van der Waals surface area contributed by atoms with Crippen molar-refractivity contribution >= 4 is 11.9 Å². The van der Waals surface area contributed by atoms with Crippen molar-refractivity contribution in [3.05, 3.63) is 0 Å². The quantitative estimate of drug-likeness (QED) is 0.762. The van der Waals surface area contributed by atoms with Gasteiger partial charge in [0.15, 0.2) is 0 Å². The van der Waals surface area contributed by atoms with Crippen LogP contribution in [0.15, 0.2) is 0 Å². The third kappa shape index (κ3) is 8.53. The summed E-state index contributed by atoms with van der Waals surface area (Å²) in [5.74, 6) is -1.57. The van der Waals surface area contributed by atoms with Gasteiger partial charge in [0.1, 0.15) is 6.42 Å². The smallest absolute Gasteiger partial charge is 0.397 e. The van der Waals surface area contributed by atoms with E-state index in [1.165, 1.54) is 7.11 Å². The molecule has 0 aliphatic carbocycles. The summed E-state index contributed by atoms with van der Waals surface area (Å²) in [4.78, 5) is 21.9. The van der Waals surface area contributed by atoms with Crippen LogP contribution in [0, 0.1) is 0 Å². The highest BCUT2D eigenvalue weighted by molar-refractivity contribution is 5.77. The fourth-order valence-corrected chi connectivity index (χ4v) is 1.18. The zero-order valence-electron chi connectivity index (χ0n) is 9.98. The number of alkyl halides is 3. The van der Waals surface area contributed by atoms with Crippen LogP contribution >= 0.6 is 0 Å². The number of amides is 1. The van der Waals surface area contributed by atoms with Gasteiger partial charge in [-0.25, -0.2) is 0 Å². The summed E-state index contributed by atoms with van der Waals surface area (Å²) in [5.41, 5.74) is -0.878. The van der Waals surface area contributed by atoms with Crippen LogP contribution in [0.4, 0.5) is 13.2 Å². The average Bonchev–Trinajstić information content (AvgIpc) is 2.10. The van der Waals surface area contributed by atoms with Crippen LogP contribution in [0.3, 0.4) is 0 Å². The highest BCUT2D eigenvalue weighted by Gasteiger charge is 2.33. The van der Waals surface area contributed by atoms with E-state index in [9.17, 15) is 22.8 Å². The molecule has 0 radical (unpaired) electrons. The molecule has 0 saturated heterocycles. The molecule has 7 heteroatoms. The van der Waals surface area contributed by atoms with Crippen molar-refractivity contribution in [1.82, 2.24) is 5.32 Å². The molecule has 100 valence electrons. The predicted molar refractivity (Wildman–Crippen MR) is 54.1 cm³/mol. The second-order valence-corrected chi connectivity index (χ2v) is 4.30. The Morgan fingerprint density at radius 3 is 2.18 bits per heavy atom. The Morgan fingerprint density at radius 1 is 1.24 bits per heavy atom. The summed E-state index contributed by atoms with van der Waals surface area (Å²) in [6.45, 7) is 3.09. The van der Waals surface area contributed by atoms with E-state index in [-0.39, 0.29) is 12.8 Å². The molecule has 0 fully saturated rings. The van der Waals surface area contributed by atoms with Crippen LogP contribution in [0.25, 0.3) is 0 Å². The van der Waals surface area contributed by atoms with Gasteiger partial charge in [-0.3, -0.25) is 9.59 Å². The summed E-state index contributed by atoms with van der Waals surface area (Å²) in [6.07, 6.45) is -5.80. The van der Waals surface area contributed by atoms with Gasteiger partial charge >= 0.3 is 12.1 Å². The van der Waals surface area contributed by atoms with Gasteiger partial charge in [-0.2, -0.15) is 13.2 Å². The van der Waals surface area contributed by atoms with E-state index >= 15 is 0 Å². The van der Waals surface area contributed by atoms with Crippen LogP contribution in [0.2, 0.25) is 0 Å². The van der Waals surface area contributed by atoms with E-state index in [0.29, 0.717) is 0 Å². The lowest BCUT2D eigenvalue weighted by atomic mass is 9.98. The Labute approximate surface area is 97.5 Å². The Bertz CT molecular complexity index is 287. The van der Waals surface area contributed by atoms with E-state index in [0.717, 1.165) is 0 Å². The summed E-state index contributed by atoms with van der Waals surface area (Å²) in [7, 11) is 1.22. The SMILES string of the molecule is COC(=O)CCC(C)(C)NC(=O)CC(F)(F)F. The molecule has 0 aromatic carbocycles. The van der Waals surface area contributed by atoms with Gasteiger partial charge in [-0.05, 0) is 20.3 Å². The number of nitrogens with one attached hydrogen (secondary N) is 1. The van der Waals surface area contributed by atoms with Crippen molar-refractivity contribution in [2.24, 2.45) is 0 Å². The van der Waals surface area contributed by atoms with Crippen LogP contribution in [0.1, 0.15) is 33.1 Å². The first-order valence-electron chi connectivity index (χ1n) is 5.00. The zero-order valence-corrected chi connectivity index (χ0v) is 9.98. The summed E-state index contributed by atoms with van der Waals surface area (Å²) >= 11 is 0. The first kappa shape index (κ1) is 15.7. The molecule has 0 unspecified atom stereocenters. The molecule has 1 N–H and O–H groups in total. The fourth-order valence-electron chi connectivity index (χ4n) is 1.18. The predicted octanol–water partition coefficient (Wildman–Crippen LogP) is 1.79. The third-order valence-corrected chi connectivity index (χ3v) is 2.02. The first-order valence-corrected chi connectivity index (χ1v) is 5.00. The largest absolute Gasteiger partial charge is 0.469 e. The number of esters is 1. The molecule has 0 bridgehead atoms. The van der Waals surface area contributed by atoms with E-state index in [2.05, 4.69) is 10.1 Å². The zero-order chi connectivity index (χ0) is 13.7. The van der Waals surface area contributed by atoms with Crippen molar-refractivity contribution in [2.45, 2.75) is 44.8 Å². The number of carbonyl (C=O) groups excluding carboxylic acids is 2. The minimum Gasteiger partial charge on any atom is -0.469 e. The van der Waals surface area contributed by atoms with Gasteiger partial charge in [0.25, 0.3) is 0 Å². The molecule has 0 aromatic rings. The Hall–Kier alpha value is -1.27. The van der Waals surface area contributed by atoms with Crippen LogP contribution in [-0.4, -0.2) is 30.7 Å². The van der Waals surface area contributed by atoms with Gasteiger partial charge in [-0.1, -0.05) is 0 Å². The number of methoxy groups -OCH3 is 1. The molecule has 0 saturated carbocycles. The molecule has 0 heterocycles. The minimum absolute atomic E-state index is 0.0375. The first-order chi connectivity index (χ1) is 7.56. The second-order valence-electron chi connectivity index (χ2n) is 4.30. The fraction of sp³-hybridized carbons (Fsp3) is 0.800. The molecule has 0 rings (SSSR count). The highest BCUT2D eigenvalue weighted by atomic mass is 19.4. The van der Waals surface area contributed by atoms with Crippen LogP contribution in [0.5, 0.6) is 0 Å². The number of halogens is 3. The molecular weight excluding hydrogens is 239 g/mol. The molecular formula is C10H16F3NO3. The molecule has 1 amide bonds.